The topological polar surface area (TPSA) is 104 Å². The molecule has 1 aromatic heterocycles. The number of esters is 1. The first-order chi connectivity index (χ1) is 15.9. The number of ether oxygens (including phenoxy) is 2. The molecule has 33 heavy (non-hydrogen) atoms. The van der Waals surface area contributed by atoms with Crippen LogP contribution in [0.15, 0.2) is 70.8 Å². The number of hydrogen-bond donors (Lipinski definition) is 2. The molecule has 0 saturated carbocycles. The van der Waals surface area contributed by atoms with E-state index < -0.39 is 11.9 Å². The molecule has 7 nitrogen and oxygen atoms in total. The predicted molar refractivity (Wildman–Crippen MR) is 124 cm³/mol. The molecule has 166 valence electrons. The zero-order valence-electron chi connectivity index (χ0n) is 18.6. The lowest BCUT2D eigenvalue weighted by molar-refractivity contribution is -0.140. The van der Waals surface area contributed by atoms with E-state index in [-0.39, 0.29) is 12.2 Å². The van der Waals surface area contributed by atoms with E-state index in [2.05, 4.69) is 16.4 Å². The SMILES string of the molecule is COc1cc(C#N)ccc1C1c2c(c(C)c[nH]c2=O)N[13C]([13CH3])=[13C]1[13C](=O)OCc1ccccc1. The summed E-state index contributed by atoms with van der Waals surface area (Å²) in [4.78, 5) is 29.1. The molecule has 1 unspecified atom stereocenters. The zero-order chi connectivity index (χ0) is 23.5. The van der Waals surface area contributed by atoms with E-state index in [9.17, 15) is 14.9 Å². The lowest BCUT2D eigenvalue weighted by Crippen LogP contribution is -2.30. The molecule has 2 heterocycles. The number of carbonyl (C=O) groups excluding carboxylic acids is 1. The molecule has 4 rings (SSSR count). The molecule has 3 aromatic rings. The Labute approximate surface area is 191 Å². The molecular weight excluding hydrogens is 422 g/mol. The summed E-state index contributed by atoms with van der Waals surface area (Å²) in [6.45, 7) is 3.76. The molecule has 1 aliphatic rings. The normalized spacial score (nSPS) is 14.7. The first-order valence-electron chi connectivity index (χ1n) is 10.4. The number of anilines is 1. The van der Waals surface area contributed by atoms with Crippen LogP contribution in [0.3, 0.4) is 0 Å². The zero-order valence-corrected chi connectivity index (χ0v) is 18.6. The van der Waals surface area contributed by atoms with Crippen molar-refractivity contribution in [1.82, 2.24) is 4.98 Å². The van der Waals surface area contributed by atoms with Crippen LogP contribution in [0.5, 0.6) is 5.75 Å². The molecule has 0 amide bonds. The van der Waals surface area contributed by atoms with Gasteiger partial charge in [0.15, 0.2) is 0 Å². The van der Waals surface area contributed by atoms with Crippen molar-refractivity contribution in [3.63, 3.8) is 0 Å². The van der Waals surface area contributed by atoms with E-state index in [0.29, 0.717) is 39.4 Å². The Bertz CT molecular complexity index is 1350. The summed E-state index contributed by atoms with van der Waals surface area (Å²) < 4.78 is 11.2. The number of carbonyl (C=O) groups is 1. The van der Waals surface area contributed by atoms with Crippen LogP contribution in [0.2, 0.25) is 0 Å². The van der Waals surface area contributed by atoms with Gasteiger partial charge in [-0.3, -0.25) is 4.79 Å². The van der Waals surface area contributed by atoms with Crippen molar-refractivity contribution >= 4 is 11.7 Å². The monoisotopic (exact) mass is 445 g/mol. The highest BCUT2D eigenvalue weighted by Crippen LogP contribution is 2.44. The number of nitriles is 1. The number of hydrogen-bond acceptors (Lipinski definition) is 6. The van der Waals surface area contributed by atoms with Gasteiger partial charge in [0.1, 0.15) is 12.4 Å². The van der Waals surface area contributed by atoms with Gasteiger partial charge in [0.25, 0.3) is 5.56 Å². The number of rotatable bonds is 5. The number of methoxy groups -OCH3 is 1. The summed E-state index contributed by atoms with van der Waals surface area (Å²) in [6.07, 6.45) is 1.63. The van der Waals surface area contributed by atoms with Crippen molar-refractivity contribution < 1.29 is 14.3 Å². The van der Waals surface area contributed by atoms with Gasteiger partial charge in [0.2, 0.25) is 0 Å². The predicted octanol–water partition coefficient (Wildman–Crippen LogP) is 4.14. The minimum atomic E-state index is -0.740. The fourth-order valence-electron chi connectivity index (χ4n) is 4.11. The average molecular weight is 445 g/mol. The number of aryl methyl sites for hydroxylation is 1. The first-order valence-corrected chi connectivity index (χ1v) is 10.4. The van der Waals surface area contributed by atoms with Crippen LogP contribution in [-0.4, -0.2) is 18.1 Å². The molecule has 0 aliphatic carbocycles. The van der Waals surface area contributed by atoms with Gasteiger partial charge in [-0.05, 0) is 37.1 Å². The van der Waals surface area contributed by atoms with Crippen molar-refractivity contribution in [2.75, 3.05) is 12.4 Å². The fraction of sp³-hybridized carbons (Fsp3) is 0.192. The molecule has 7 heteroatoms. The maximum Gasteiger partial charge on any atom is 0.337 e. The molecule has 0 fully saturated rings. The molecular formula is C26H23N3O4. The van der Waals surface area contributed by atoms with E-state index in [0.717, 1.165) is 11.1 Å². The molecule has 1 atom stereocenters. The van der Waals surface area contributed by atoms with E-state index in [1.54, 1.807) is 31.3 Å². The fourth-order valence-corrected chi connectivity index (χ4v) is 4.11. The van der Waals surface area contributed by atoms with Crippen LogP contribution in [0.25, 0.3) is 0 Å². The van der Waals surface area contributed by atoms with Crippen LogP contribution in [0.4, 0.5) is 5.69 Å². The third-order valence-electron chi connectivity index (χ3n) is 5.73. The number of benzene rings is 2. The van der Waals surface area contributed by atoms with Gasteiger partial charge in [-0.25, -0.2) is 4.79 Å². The summed E-state index contributed by atoms with van der Waals surface area (Å²) in [5.41, 5.74) is 4.33. The number of nitrogens with one attached hydrogen (secondary N) is 2. The van der Waals surface area contributed by atoms with Crippen LogP contribution < -0.4 is 15.6 Å². The number of pyridine rings is 1. The number of fused-ring (bicyclic) bond motifs is 1. The van der Waals surface area contributed by atoms with Crippen LogP contribution >= 0.6 is 0 Å². The number of H-pyrrole nitrogens is 1. The molecule has 2 aromatic carbocycles. The summed E-state index contributed by atoms with van der Waals surface area (Å²) in [5.74, 6) is -0.864. The van der Waals surface area contributed by atoms with Gasteiger partial charge in [0, 0.05) is 17.5 Å². The molecule has 1 aliphatic heterocycles. The largest absolute Gasteiger partial charge is 0.496 e. The number of nitrogens with zero attached hydrogens (tertiary/aromatic N) is 1. The Hall–Kier alpha value is -4.31. The second-order valence-corrected chi connectivity index (χ2v) is 7.82. The standard InChI is InChI=1S/C26H23N3O4/c1-15-13-28-25(30)23-22(19-10-9-18(12-27)11-20(19)32-3)21(16(2)29-24(15)23)26(31)33-14-17-7-5-4-6-8-17/h4-11,13,22,29H,14H2,1-3H3,(H,28,30)/i2+1,16+1,21+1,26+1. The van der Waals surface area contributed by atoms with Crippen LogP contribution in [0, 0.1) is 18.3 Å². The van der Waals surface area contributed by atoms with Gasteiger partial charge >= 0.3 is 5.97 Å². The number of aromatic nitrogens is 1. The van der Waals surface area contributed by atoms with Crippen molar-refractivity contribution in [2.24, 2.45) is 0 Å². The molecule has 0 saturated heterocycles. The maximum absolute atomic E-state index is 13.4. The Morgan fingerprint density at radius 3 is 2.61 bits per heavy atom. The third kappa shape index (κ3) is 4.11. The quantitative estimate of drug-likeness (QED) is 0.452. The van der Waals surface area contributed by atoms with Crippen molar-refractivity contribution in [3.05, 3.63) is 104 Å². The van der Waals surface area contributed by atoms with Gasteiger partial charge in [0.05, 0.1) is 41.5 Å². The van der Waals surface area contributed by atoms with E-state index >= 15 is 0 Å². The van der Waals surface area contributed by atoms with Gasteiger partial charge in [-0.2, -0.15) is 5.26 Å². The van der Waals surface area contributed by atoms with Gasteiger partial charge in [-0.1, -0.05) is 36.4 Å². The Morgan fingerprint density at radius 1 is 1.15 bits per heavy atom. The van der Waals surface area contributed by atoms with Crippen LogP contribution in [0.1, 0.15) is 40.7 Å². The summed E-state index contributed by atoms with van der Waals surface area (Å²) in [6, 6.07) is 16.4. The highest BCUT2D eigenvalue weighted by Gasteiger charge is 2.37. The number of aromatic amines is 1. The maximum atomic E-state index is 13.4. The summed E-state index contributed by atoms with van der Waals surface area (Å²) in [7, 11) is 1.49. The number of allylic oxidation sites excluding steroid dienone is 1. The van der Waals surface area contributed by atoms with Crippen molar-refractivity contribution in [1.29, 1.82) is 5.26 Å². The van der Waals surface area contributed by atoms with Crippen LogP contribution in [-0.2, 0) is 16.1 Å². The Kier molecular flexibility index (Phi) is 6.01. The molecule has 0 radical (unpaired) electrons. The Balaban J connectivity index is 1.86. The van der Waals surface area contributed by atoms with Crippen molar-refractivity contribution in [2.45, 2.75) is 26.4 Å². The summed E-state index contributed by atoms with van der Waals surface area (Å²) in [5, 5.41) is 12.5. The van der Waals surface area contributed by atoms with E-state index in [1.807, 2.05) is 37.3 Å². The summed E-state index contributed by atoms with van der Waals surface area (Å²) >= 11 is 0. The molecule has 2 N–H and O–H groups in total. The minimum Gasteiger partial charge on any atom is -0.496 e. The lowest BCUT2D eigenvalue weighted by atomic mass is 9.92. The lowest BCUT2D eigenvalue weighted by Gasteiger charge is -2.31. The second-order valence-electron chi connectivity index (χ2n) is 7.82. The van der Waals surface area contributed by atoms with E-state index in [1.165, 1.54) is 7.11 Å². The molecule has 0 spiro atoms. The van der Waals surface area contributed by atoms with Gasteiger partial charge in [-0.15, -0.1) is 0 Å². The first kappa shape index (κ1) is 21.9. The van der Waals surface area contributed by atoms with Gasteiger partial charge < -0.3 is 19.8 Å². The highest BCUT2D eigenvalue weighted by molar-refractivity contribution is 5.95. The average Bonchev–Trinajstić information content (AvgIpc) is 2.84. The van der Waals surface area contributed by atoms with E-state index in [4.69, 9.17) is 9.47 Å². The third-order valence-corrected chi connectivity index (χ3v) is 5.73. The Morgan fingerprint density at radius 2 is 1.91 bits per heavy atom. The highest BCUT2D eigenvalue weighted by atomic mass is 16.6. The second kappa shape index (κ2) is 9.05. The molecule has 0 bridgehead atoms. The smallest absolute Gasteiger partial charge is 0.337 e. The minimum absolute atomic E-state index is 0.102. The van der Waals surface area contributed by atoms with Crippen molar-refractivity contribution in [3.8, 4) is 11.8 Å².